The number of hydrogen-bond donors (Lipinski definition) is 0. The maximum Gasteiger partial charge on any atom is 0.258 e. The first-order chi connectivity index (χ1) is 15.5. The molecule has 1 saturated heterocycles. The van der Waals surface area contributed by atoms with Gasteiger partial charge in [0.15, 0.2) is 0 Å². The fourth-order valence-electron chi connectivity index (χ4n) is 5.04. The summed E-state index contributed by atoms with van der Waals surface area (Å²) in [4.78, 5) is 17.8. The molecule has 2 aromatic carbocycles. The number of likely N-dealkylation sites (tertiary alicyclic amines) is 1. The monoisotopic (exact) mass is 428 g/mol. The molecule has 7 nitrogen and oxygen atoms in total. The van der Waals surface area contributed by atoms with Gasteiger partial charge in [0.1, 0.15) is 11.8 Å². The molecular weight excluding hydrogens is 404 g/mol. The number of fused-ring (bicyclic) bond motifs is 2. The number of carbonyl (C=O) groups excluding carboxylic acids is 1. The minimum absolute atomic E-state index is 0.0232. The summed E-state index contributed by atoms with van der Waals surface area (Å²) < 4.78 is 11.3. The van der Waals surface area contributed by atoms with Gasteiger partial charge in [-0.25, -0.2) is 0 Å². The lowest BCUT2D eigenvalue weighted by Crippen LogP contribution is -2.28. The third-order valence-corrected chi connectivity index (χ3v) is 6.51. The highest BCUT2D eigenvalue weighted by Gasteiger charge is 2.44. The van der Waals surface area contributed by atoms with Crippen LogP contribution in [0.2, 0.25) is 0 Å². The quantitative estimate of drug-likeness (QED) is 0.568. The van der Waals surface area contributed by atoms with E-state index >= 15 is 0 Å². The molecule has 2 heterocycles. The second kappa shape index (κ2) is 7.79. The number of ether oxygens (including phenoxy) is 1. The van der Waals surface area contributed by atoms with Crippen LogP contribution in [0.15, 0.2) is 40.9 Å². The molecule has 162 valence electrons. The van der Waals surface area contributed by atoms with E-state index in [9.17, 15) is 10.1 Å². The summed E-state index contributed by atoms with van der Waals surface area (Å²) in [6.45, 7) is 5.41. The Hall–Kier alpha value is -3.66. The maximum absolute atomic E-state index is 11.3. The number of rotatable bonds is 5. The molecule has 1 atom stereocenters. The Bertz CT molecular complexity index is 1230. The zero-order valence-electron chi connectivity index (χ0n) is 18.2. The predicted octanol–water partition coefficient (Wildman–Crippen LogP) is 4.11. The molecule has 1 aromatic heterocycles. The number of aromatic nitrogens is 2. The van der Waals surface area contributed by atoms with E-state index in [4.69, 9.17) is 9.26 Å². The van der Waals surface area contributed by atoms with Gasteiger partial charge in [-0.2, -0.15) is 10.2 Å². The van der Waals surface area contributed by atoms with Gasteiger partial charge in [-0.15, -0.1) is 0 Å². The molecule has 0 N–H and O–H groups in total. The second-order valence-electron chi connectivity index (χ2n) is 8.85. The summed E-state index contributed by atoms with van der Waals surface area (Å²) in [5.74, 6) is 1.45. The number of nitrogens with zero attached hydrogens (tertiary/aromatic N) is 4. The molecule has 2 aliphatic rings. The third kappa shape index (κ3) is 3.32. The van der Waals surface area contributed by atoms with Crippen LogP contribution in [0.3, 0.4) is 0 Å². The van der Waals surface area contributed by atoms with Crippen molar-refractivity contribution in [2.45, 2.75) is 44.6 Å². The molecule has 1 fully saturated rings. The van der Waals surface area contributed by atoms with Crippen molar-refractivity contribution in [2.75, 3.05) is 13.1 Å². The van der Waals surface area contributed by atoms with Crippen LogP contribution in [0.4, 0.5) is 0 Å². The summed E-state index contributed by atoms with van der Waals surface area (Å²) in [6.07, 6.45) is 3.88. The molecule has 5 rings (SSSR count). The van der Waals surface area contributed by atoms with E-state index in [-0.39, 0.29) is 11.5 Å². The van der Waals surface area contributed by atoms with Gasteiger partial charge in [-0.3, -0.25) is 4.79 Å². The molecule has 1 aliphatic heterocycles. The number of hydrogen-bond acceptors (Lipinski definition) is 6. The topological polar surface area (TPSA) is 92.2 Å². The molecule has 1 spiro atoms. The fraction of sp³-hybridized carbons (Fsp3) is 0.360. The summed E-state index contributed by atoms with van der Waals surface area (Å²) in [7, 11) is 0. The van der Waals surface area contributed by atoms with Crippen LogP contribution in [-0.4, -0.2) is 40.6 Å². The van der Waals surface area contributed by atoms with Gasteiger partial charge in [-0.1, -0.05) is 23.4 Å². The Morgan fingerprint density at radius 3 is 2.91 bits per heavy atom. The predicted molar refractivity (Wildman–Crippen MR) is 118 cm³/mol. The van der Waals surface area contributed by atoms with Crippen LogP contribution in [0.5, 0.6) is 5.75 Å². The van der Waals surface area contributed by atoms with Gasteiger partial charge < -0.3 is 14.2 Å². The van der Waals surface area contributed by atoms with Gasteiger partial charge in [0.2, 0.25) is 12.2 Å². The lowest BCUT2D eigenvalue weighted by atomic mass is 9.81. The van der Waals surface area contributed by atoms with E-state index in [1.807, 2.05) is 36.9 Å². The molecule has 3 aromatic rings. The normalized spacial score (nSPS) is 19.4. The summed E-state index contributed by atoms with van der Waals surface area (Å²) in [5, 5.41) is 13.8. The minimum Gasteiger partial charge on any atom is -0.490 e. The average molecular weight is 428 g/mol. The smallest absolute Gasteiger partial charge is 0.258 e. The van der Waals surface area contributed by atoms with Crippen molar-refractivity contribution in [3.8, 4) is 34.7 Å². The third-order valence-electron chi connectivity index (χ3n) is 6.51. The highest BCUT2D eigenvalue weighted by Crippen LogP contribution is 2.47. The summed E-state index contributed by atoms with van der Waals surface area (Å²) in [5.41, 5.74) is 4.66. The molecule has 1 unspecified atom stereocenters. The van der Waals surface area contributed by atoms with Crippen molar-refractivity contribution in [3.63, 3.8) is 0 Å². The number of carbonyl (C=O) groups is 1. The van der Waals surface area contributed by atoms with Gasteiger partial charge in [0, 0.05) is 29.6 Å². The lowest BCUT2D eigenvalue weighted by Gasteiger charge is -2.24. The van der Waals surface area contributed by atoms with Crippen molar-refractivity contribution in [3.05, 3.63) is 53.1 Å². The standard InChI is InChI=1S/C25H24N4O3/c1-16(2)31-22-7-6-17(12-18(22)13-26)24-27-23(28-32-24)20-4-3-5-21-19(20)8-9-25(21)10-11-29(14-25)15-30/h3-7,12,15-16H,8-11,14H2,1-2H3. The lowest BCUT2D eigenvalue weighted by molar-refractivity contribution is -0.117. The van der Waals surface area contributed by atoms with E-state index in [2.05, 4.69) is 22.3 Å². The first kappa shape index (κ1) is 20.3. The zero-order chi connectivity index (χ0) is 22.3. The molecule has 1 amide bonds. The van der Waals surface area contributed by atoms with Gasteiger partial charge in [0.05, 0.1) is 11.7 Å². The molecule has 32 heavy (non-hydrogen) atoms. The number of nitriles is 1. The van der Waals surface area contributed by atoms with Crippen LogP contribution in [0.25, 0.3) is 22.8 Å². The Morgan fingerprint density at radius 2 is 2.16 bits per heavy atom. The molecular formula is C25H24N4O3. The number of amides is 1. The van der Waals surface area contributed by atoms with Crippen molar-refractivity contribution in [2.24, 2.45) is 0 Å². The van der Waals surface area contributed by atoms with Crippen LogP contribution in [-0.2, 0) is 16.6 Å². The second-order valence-corrected chi connectivity index (χ2v) is 8.85. The molecule has 1 aliphatic carbocycles. The van der Waals surface area contributed by atoms with Crippen molar-refractivity contribution in [1.82, 2.24) is 15.0 Å². The van der Waals surface area contributed by atoms with Gasteiger partial charge in [-0.05, 0) is 62.4 Å². The molecule has 7 heteroatoms. The molecule has 0 bridgehead atoms. The molecule has 0 radical (unpaired) electrons. The van der Waals surface area contributed by atoms with Crippen molar-refractivity contribution in [1.29, 1.82) is 5.26 Å². The van der Waals surface area contributed by atoms with Crippen LogP contribution in [0.1, 0.15) is 43.4 Å². The van der Waals surface area contributed by atoms with Gasteiger partial charge >= 0.3 is 0 Å². The van der Waals surface area contributed by atoms with Gasteiger partial charge in [0.25, 0.3) is 5.89 Å². The van der Waals surface area contributed by atoms with Crippen LogP contribution >= 0.6 is 0 Å². The Labute approximate surface area is 186 Å². The Balaban J connectivity index is 1.48. The van der Waals surface area contributed by atoms with E-state index in [1.54, 1.807) is 12.1 Å². The first-order valence-electron chi connectivity index (χ1n) is 10.9. The fourth-order valence-corrected chi connectivity index (χ4v) is 5.04. The van der Waals surface area contributed by atoms with E-state index in [0.717, 1.165) is 44.3 Å². The van der Waals surface area contributed by atoms with E-state index in [0.29, 0.717) is 28.6 Å². The number of benzene rings is 2. The summed E-state index contributed by atoms with van der Waals surface area (Å²) in [6, 6.07) is 13.7. The zero-order valence-corrected chi connectivity index (χ0v) is 18.2. The largest absolute Gasteiger partial charge is 0.490 e. The van der Waals surface area contributed by atoms with E-state index < -0.39 is 0 Å². The minimum atomic E-state index is -0.0232. The first-order valence-corrected chi connectivity index (χ1v) is 10.9. The maximum atomic E-state index is 11.3. The Kier molecular flexibility index (Phi) is 4.93. The summed E-state index contributed by atoms with van der Waals surface area (Å²) >= 11 is 0. The van der Waals surface area contributed by atoms with Crippen LogP contribution in [0, 0.1) is 11.3 Å². The Morgan fingerprint density at radius 1 is 1.28 bits per heavy atom. The van der Waals surface area contributed by atoms with Crippen LogP contribution < -0.4 is 4.74 Å². The highest BCUT2D eigenvalue weighted by molar-refractivity contribution is 5.68. The average Bonchev–Trinajstić information content (AvgIpc) is 3.53. The van der Waals surface area contributed by atoms with Crippen molar-refractivity contribution >= 4 is 6.41 Å². The van der Waals surface area contributed by atoms with E-state index in [1.165, 1.54) is 11.1 Å². The molecule has 0 saturated carbocycles. The SMILES string of the molecule is CC(C)Oc1ccc(-c2nc(-c3cccc4c3CCC43CCN(C=O)C3)no2)cc1C#N. The van der Waals surface area contributed by atoms with Crippen molar-refractivity contribution < 1.29 is 14.1 Å². The highest BCUT2D eigenvalue weighted by atomic mass is 16.5.